The number of pyridine rings is 1. The first-order valence-electron chi connectivity index (χ1n) is 16.6. The third kappa shape index (κ3) is 6.80. The van der Waals surface area contributed by atoms with Crippen LogP contribution in [-0.2, 0) is 10.9 Å². The van der Waals surface area contributed by atoms with Crippen molar-refractivity contribution in [2.45, 2.75) is 89.7 Å². The minimum absolute atomic E-state index is 0.0579. The number of amides is 1. The van der Waals surface area contributed by atoms with E-state index in [4.69, 9.17) is 26.2 Å². The molecule has 50 heavy (non-hydrogen) atoms. The van der Waals surface area contributed by atoms with Gasteiger partial charge in [0.1, 0.15) is 17.7 Å². The highest BCUT2D eigenvalue weighted by Crippen LogP contribution is 2.46. The van der Waals surface area contributed by atoms with Gasteiger partial charge in [0.05, 0.1) is 52.3 Å². The number of carbonyl (C=O) groups is 1. The van der Waals surface area contributed by atoms with E-state index in [1.807, 2.05) is 7.05 Å². The zero-order chi connectivity index (χ0) is 36.1. The molecule has 1 amide bonds. The minimum atomic E-state index is -4.77. The third-order valence-electron chi connectivity index (χ3n) is 9.59. The highest BCUT2D eigenvalue weighted by atomic mass is 35.5. The lowest BCUT2D eigenvalue weighted by molar-refractivity contribution is -0.137. The van der Waals surface area contributed by atoms with Crippen LogP contribution in [0.5, 0.6) is 5.88 Å². The van der Waals surface area contributed by atoms with Crippen LogP contribution in [0.1, 0.15) is 70.0 Å². The molecule has 0 spiro atoms. The predicted molar refractivity (Wildman–Crippen MR) is 182 cm³/mol. The Kier molecular flexibility index (Phi) is 9.65. The minimum Gasteiger partial charge on any atom is -0.475 e. The van der Waals surface area contributed by atoms with Gasteiger partial charge < -0.3 is 19.3 Å². The fraction of sp³-hybridized carbons (Fsp3) is 0.500. The van der Waals surface area contributed by atoms with Crippen molar-refractivity contribution in [2.24, 2.45) is 0 Å². The summed E-state index contributed by atoms with van der Waals surface area (Å²) in [4.78, 5) is 21.4. The molecule has 3 atom stereocenters. The maximum absolute atomic E-state index is 16.8. The first kappa shape index (κ1) is 35.7. The molecule has 2 aromatic carbocycles. The summed E-state index contributed by atoms with van der Waals surface area (Å²) in [6.45, 7) is 8.09. The van der Waals surface area contributed by atoms with E-state index < -0.39 is 40.9 Å². The highest BCUT2D eigenvalue weighted by molar-refractivity contribution is 6.34. The van der Waals surface area contributed by atoms with E-state index in [9.17, 15) is 23.2 Å². The van der Waals surface area contributed by atoms with E-state index in [2.05, 4.69) is 16.0 Å². The van der Waals surface area contributed by atoms with E-state index in [0.717, 1.165) is 19.4 Å². The van der Waals surface area contributed by atoms with Crippen molar-refractivity contribution in [3.8, 4) is 23.1 Å². The topological polar surface area (TPSA) is 96.5 Å². The number of nitriles is 1. The number of benzene rings is 2. The van der Waals surface area contributed by atoms with Crippen LogP contribution >= 0.6 is 11.6 Å². The predicted octanol–water partition coefficient (Wildman–Crippen LogP) is 8.70. The van der Waals surface area contributed by atoms with Crippen molar-refractivity contribution >= 4 is 39.5 Å². The van der Waals surface area contributed by atoms with Gasteiger partial charge in [-0.1, -0.05) is 29.8 Å². The van der Waals surface area contributed by atoms with Gasteiger partial charge in [-0.05, 0) is 84.2 Å². The van der Waals surface area contributed by atoms with Crippen LogP contribution < -0.4 is 4.74 Å². The lowest BCUT2D eigenvalue weighted by atomic mass is 9.93. The number of rotatable bonds is 6. The molecule has 2 fully saturated rings. The van der Waals surface area contributed by atoms with Crippen molar-refractivity contribution < 1.29 is 31.8 Å². The second-order valence-electron chi connectivity index (χ2n) is 14.2. The van der Waals surface area contributed by atoms with Crippen molar-refractivity contribution in [2.75, 3.05) is 26.7 Å². The Morgan fingerprint density at radius 1 is 1.14 bits per heavy atom. The number of likely N-dealkylation sites (tertiary alicyclic amines) is 2. The van der Waals surface area contributed by atoms with Gasteiger partial charge in [0.25, 0.3) is 0 Å². The SMILES string of the molecule is Cc1cccc(-c2c(Cl)cc3c(nc(OC[C@@H]4CCCN4C)c4cnn([C@H]5CCN(C(=O)OC(C)(C)C)[C@H](CC#N)C5)c43)c2F)c1C(F)(F)F. The maximum Gasteiger partial charge on any atom is 0.417 e. The second-order valence-corrected chi connectivity index (χ2v) is 14.6. The Bertz CT molecular complexity index is 1990. The van der Waals surface area contributed by atoms with Gasteiger partial charge in [-0.25, -0.2) is 14.2 Å². The zero-order valence-electron chi connectivity index (χ0n) is 28.6. The van der Waals surface area contributed by atoms with Crippen LogP contribution in [0.15, 0.2) is 30.5 Å². The number of carbonyl (C=O) groups excluding carboxylic acids is 1. The van der Waals surface area contributed by atoms with E-state index in [1.54, 1.807) is 36.5 Å². The quantitative estimate of drug-likeness (QED) is 0.184. The average Bonchev–Trinajstić information content (AvgIpc) is 3.65. The highest BCUT2D eigenvalue weighted by Gasteiger charge is 2.38. The standard InChI is InChI=1S/C36H39ClF4N6O3/c1-20-8-6-10-24(29(20)36(39,40)41)28-27(37)17-25-31(30(28)38)44-33(49-19-23-9-7-14-45(23)5)26-18-43-47(32(25)26)22-12-15-46(21(16-22)11-13-42)34(48)50-35(2,3)4/h6,8,10,17-18,21-23H,7,9,11-12,14-16,19H2,1-5H3/t21-,22+,23+/m1/s1. The molecule has 9 nitrogen and oxygen atoms in total. The Morgan fingerprint density at radius 2 is 1.90 bits per heavy atom. The molecular weight excluding hydrogens is 676 g/mol. The molecule has 4 aromatic rings. The summed E-state index contributed by atoms with van der Waals surface area (Å²) in [6.07, 6.45) is -0.940. The van der Waals surface area contributed by atoms with Crippen LogP contribution in [-0.4, -0.2) is 75.1 Å². The van der Waals surface area contributed by atoms with Gasteiger partial charge >= 0.3 is 12.3 Å². The van der Waals surface area contributed by atoms with Crippen LogP contribution in [0.25, 0.3) is 32.9 Å². The number of aryl methyl sites for hydroxylation is 1. The van der Waals surface area contributed by atoms with E-state index in [1.165, 1.54) is 31.2 Å². The summed E-state index contributed by atoms with van der Waals surface area (Å²) in [5, 5.41) is 14.9. The average molecular weight is 715 g/mol. The Labute approximate surface area is 292 Å². The number of ether oxygens (including phenoxy) is 2. The Hall–Kier alpha value is -4.15. The van der Waals surface area contributed by atoms with Gasteiger partial charge in [0.2, 0.25) is 5.88 Å². The number of alkyl halides is 3. The van der Waals surface area contributed by atoms with Gasteiger partial charge in [0, 0.05) is 23.5 Å². The van der Waals surface area contributed by atoms with Crippen molar-refractivity contribution in [3.05, 3.63) is 52.4 Å². The molecule has 0 unspecified atom stereocenters. The molecule has 0 N–H and O–H groups in total. The molecule has 0 bridgehead atoms. The zero-order valence-corrected chi connectivity index (χ0v) is 29.3. The first-order valence-corrected chi connectivity index (χ1v) is 17.0. The molecule has 266 valence electrons. The largest absolute Gasteiger partial charge is 0.475 e. The molecule has 6 rings (SSSR count). The van der Waals surface area contributed by atoms with Crippen LogP contribution in [0, 0.1) is 24.1 Å². The lowest BCUT2D eigenvalue weighted by Gasteiger charge is -2.39. The summed E-state index contributed by atoms with van der Waals surface area (Å²) >= 11 is 6.70. The fourth-order valence-corrected chi connectivity index (χ4v) is 7.50. The maximum atomic E-state index is 16.8. The van der Waals surface area contributed by atoms with Gasteiger partial charge in [-0.2, -0.15) is 23.5 Å². The molecule has 4 heterocycles. The number of likely N-dealkylation sites (N-methyl/N-ethyl adjacent to an activating group) is 1. The second kappa shape index (κ2) is 13.5. The lowest BCUT2D eigenvalue weighted by Crippen LogP contribution is -2.48. The molecule has 14 heteroatoms. The molecule has 2 aromatic heterocycles. The third-order valence-corrected chi connectivity index (χ3v) is 9.88. The van der Waals surface area contributed by atoms with Gasteiger partial charge in [-0.15, -0.1) is 0 Å². The van der Waals surface area contributed by atoms with Crippen molar-refractivity contribution in [1.82, 2.24) is 24.6 Å². The molecule has 0 aliphatic carbocycles. The molecule has 0 saturated carbocycles. The molecule has 2 aliphatic heterocycles. The van der Waals surface area contributed by atoms with Crippen molar-refractivity contribution in [1.29, 1.82) is 5.26 Å². The van der Waals surface area contributed by atoms with E-state index >= 15 is 4.39 Å². The smallest absolute Gasteiger partial charge is 0.417 e. The monoisotopic (exact) mass is 714 g/mol. The number of fused-ring (bicyclic) bond motifs is 3. The number of hydrogen-bond acceptors (Lipinski definition) is 7. The van der Waals surface area contributed by atoms with Crippen molar-refractivity contribution in [3.63, 3.8) is 0 Å². The Morgan fingerprint density at radius 3 is 2.56 bits per heavy atom. The summed E-state index contributed by atoms with van der Waals surface area (Å²) in [6, 6.07) is 6.84. The first-order chi connectivity index (χ1) is 23.6. The van der Waals surface area contributed by atoms with Crippen LogP contribution in [0.4, 0.5) is 22.4 Å². The summed E-state index contributed by atoms with van der Waals surface area (Å²) in [5.74, 6) is -0.908. The number of piperidine rings is 1. The molecule has 2 saturated heterocycles. The van der Waals surface area contributed by atoms with E-state index in [-0.39, 0.29) is 64.6 Å². The number of halogens is 5. The molecule has 0 radical (unpaired) electrons. The summed E-state index contributed by atoms with van der Waals surface area (Å²) in [7, 11) is 2.00. The fourth-order valence-electron chi connectivity index (χ4n) is 7.21. The number of nitrogens with zero attached hydrogens (tertiary/aromatic N) is 6. The summed E-state index contributed by atoms with van der Waals surface area (Å²) < 4.78 is 73.4. The normalized spacial score (nSPS) is 20.4. The van der Waals surface area contributed by atoms with Crippen LogP contribution in [0.2, 0.25) is 5.02 Å². The van der Waals surface area contributed by atoms with E-state index in [0.29, 0.717) is 23.7 Å². The van der Waals surface area contributed by atoms with Gasteiger partial charge in [-0.3, -0.25) is 4.68 Å². The number of hydrogen-bond donors (Lipinski definition) is 0. The van der Waals surface area contributed by atoms with Gasteiger partial charge in [0.15, 0.2) is 5.82 Å². The molecular formula is C36H39ClF4N6O3. The van der Waals surface area contributed by atoms with Crippen LogP contribution in [0.3, 0.4) is 0 Å². The number of aromatic nitrogens is 3. The Balaban J connectivity index is 1.50. The molecule has 2 aliphatic rings. The summed E-state index contributed by atoms with van der Waals surface area (Å²) in [5.41, 5.74) is -2.32.